The lowest BCUT2D eigenvalue weighted by molar-refractivity contribution is -0.143. The van der Waals surface area contributed by atoms with Crippen LogP contribution in [0.15, 0.2) is 42.9 Å². The van der Waals surface area contributed by atoms with Crippen LogP contribution in [0.3, 0.4) is 0 Å². The summed E-state index contributed by atoms with van der Waals surface area (Å²) < 4.78 is 17.3. The summed E-state index contributed by atoms with van der Waals surface area (Å²) in [6, 6.07) is 7.39. The molecule has 3 heterocycles. The van der Waals surface area contributed by atoms with Crippen LogP contribution < -0.4 is 14.2 Å². The van der Waals surface area contributed by atoms with Crippen molar-refractivity contribution < 1.29 is 19.0 Å². The van der Waals surface area contributed by atoms with Crippen molar-refractivity contribution >= 4 is 5.91 Å². The van der Waals surface area contributed by atoms with Crippen molar-refractivity contribution in [2.24, 2.45) is 0 Å². The first-order valence-electron chi connectivity index (χ1n) is 8.39. The number of aromatic nitrogens is 2. The summed E-state index contributed by atoms with van der Waals surface area (Å²) in [6.07, 6.45) is 5.81. The van der Waals surface area contributed by atoms with Crippen LogP contribution in [0.2, 0.25) is 0 Å². The van der Waals surface area contributed by atoms with Crippen LogP contribution in [0.1, 0.15) is 12.8 Å². The van der Waals surface area contributed by atoms with Crippen molar-refractivity contribution in [1.82, 2.24) is 14.9 Å². The number of hydrogen-bond acceptors (Lipinski definition) is 6. The Kier molecular flexibility index (Phi) is 4.37. The summed E-state index contributed by atoms with van der Waals surface area (Å²) in [5.41, 5.74) is 0. The largest absolute Gasteiger partial charge is 0.485 e. The highest BCUT2D eigenvalue weighted by Gasteiger charge is 2.34. The van der Waals surface area contributed by atoms with Gasteiger partial charge in [-0.1, -0.05) is 12.1 Å². The predicted octanol–water partition coefficient (Wildman–Crippen LogP) is 1.69. The minimum absolute atomic E-state index is 0.0676. The molecule has 7 heteroatoms. The number of ether oxygens (including phenoxy) is 3. The number of piperidine rings is 1. The molecular weight excluding hydrogens is 322 g/mol. The fraction of sp³-hybridized carbons (Fsp3) is 0.389. The van der Waals surface area contributed by atoms with Crippen LogP contribution in [-0.2, 0) is 4.79 Å². The molecule has 25 heavy (non-hydrogen) atoms. The zero-order valence-electron chi connectivity index (χ0n) is 13.7. The van der Waals surface area contributed by atoms with E-state index in [4.69, 9.17) is 14.2 Å². The van der Waals surface area contributed by atoms with Crippen LogP contribution in [0.5, 0.6) is 17.4 Å². The van der Waals surface area contributed by atoms with Gasteiger partial charge in [0.2, 0.25) is 12.0 Å². The molecule has 2 aliphatic heterocycles. The van der Waals surface area contributed by atoms with Gasteiger partial charge in [-0.2, -0.15) is 0 Å². The second-order valence-corrected chi connectivity index (χ2v) is 6.07. The van der Waals surface area contributed by atoms with Crippen LogP contribution in [0.25, 0.3) is 0 Å². The number of likely N-dealkylation sites (tertiary alicyclic amines) is 1. The van der Waals surface area contributed by atoms with Gasteiger partial charge < -0.3 is 19.1 Å². The lowest BCUT2D eigenvalue weighted by atomic mass is 10.1. The fourth-order valence-electron chi connectivity index (χ4n) is 3.10. The monoisotopic (exact) mass is 341 g/mol. The summed E-state index contributed by atoms with van der Waals surface area (Å²) in [5.74, 6) is 1.69. The molecule has 1 saturated heterocycles. The van der Waals surface area contributed by atoms with E-state index in [-0.39, 0.29) is 18.6 Å². The molecule has 4 rings (SSSR count). The third kappa shape index (κ3) is 3.50. The van der Waals surface area contributed by atoms with Gasteiger partial charge in [-0.05, 0) is 25.0 Å². The van der Waals surface area contributed by atoms with Gasteiger partial charge in [-0.3, -0.25) is 9.78 Å². The number of amides is 1. The summed E-state index contributed by atoms with van der Waals surface area (Å²) >= 11 is 0. The van der Waals surface area contributed by atoms with E-state index < -0.39 is 6.10 Å². The number of benzene rings is 1. The van der Waals surface area contributed by atoms with Crippen molar-refractivity contribution in [2.75, 3.05) is 19.7 Å². The molecule has 1 aromatic carbocycles. The Morgan fingerprint density at radius 3 is 2.96 bits per heavy atom. The Bertz CT molecular complexity index is 740. The quantitative estimate of drug-likeness (QED) is 0.846. The molecule has 130 valence electrons. The third-order valence-electron chi connectivity index (χ3n) is 4.30. The molecule has 0 saturated carbocycles. The predicted molar refractivity (Wildman–Crippen MR) is 88.6 cm³/mol. The fourth-order valence-corrected chi connectivity index (χ4v) is 3.10. The van der Waals surface area contributed by atoms with Crippen LogP contribution in [-0.4, -0.2) is 52.7 Å². The molecule has 0 unspecified atom stereocenters. The molecule has 0 spiro atoms. The van der Waals surface area contributed by atoms with Crippen molar-refractivity contribution in [3.05, 3.63) is 42.9 Å². The Balaban J connectivity index is 1.39. The number of nitrogens with zero attached hydrogens (tertiary/aromatic N) is 3. The first kappa shape index (κ1) is 15.7. The van der Waals surface area contributed by atoms with Gasteiger partial charge in [0.25, 0.3) is 5.91 Å². The number of rotatable bonds is 3. The third-order valence-corrected chi connectivity index (χ3v) is 4.30. The standard InChI is InChI=1S/C18H19N3O4/c22-18(16-12-23-14-5-1-2-6-15(14)25-16)21-9-3-4-13(11-21)24-17-10-19-7-8-20-17/h1-2,5-8,10,13,16H,3-4,9,11-12H2/t13-,16-/m0/s1. The lowest BCUT2D eigenvalue weighted by Gasteiger charge is -2.35. The van der Waals surface area contributed by atoms with Crippen molar-refractivity contribution in [3.8, 4) is 17.4 Å². The molecule has 1 amide bonds. The maximum Gasteiger partial charge on any atom is 0.267 e. The molecule has 1 aromatic heterocycles. The van der Waals surface area contributed by atoms with Crippen LogP contribution in [0, 0.1) is 0 Å². The van der Waals surface area contributed by atoms with Gasteiger partial charge in [-0.25, -0.2) is 4.98 Å². The van der Waals surface area contributed by atoms with E-state index in [2.05, 4.69) is 9.97 Å². The van der Waals surface area contributed by atoms with Crippen LogP contribution >= 0.6 is 0 Å². The Morgan fingerprint density at radius 2 is 2.12 bits per heavy atom. The van der Waals surface area contributed by atoms with E-state index in [1.807, 2.05) is 24.3 Å². The molecule has 1 fully saturated rings. The Morgan fingerprint density at radius 1 is 1.24 bits per heavy atom. The lowest BCUT2D eigenvalue weighted by Crippen LogP contribution is -2.51. The minimum atomic E-state index is -0.620. The van der Waals surface area contributed by atoms with E-state index in [1.165, 1.54) is 0 Å². The number of fused-ring (bicyclic) bond motifs is 1. The van der Waals surface area contributed by atoms with E-state index in [0.29, 0.717) is 30.5 Å². The first-order chi connectivity index (χ1) is 12.3. The van der Waals surface area contributed by atoms with Gasteiger partial charge >= 0.3 is 0 Å². The average Bonchev–Trinajstić information content (AvgIpc) is 2.68. The van der Waals surface area contributed by atoms with E-state index in [1.54, 1.807) is 23.5 Å². The van der Waals surface area contributed by atoms with E-state index in [9.17, 15) is 4.79 Å². The Hall–Kier alpha value is -2.83. The first-order valence-corrected chi connectivity index (χ1v) is 8.39. The Labute approximate surface area is 145 Å². The van der Waals surface area contributed by atoms with Gasteiger partial charge in [0.05, 0.1) is 12.7 Å². The highest BCUT2D eigenvalue weighted by atomic mass is 16.6. The van der Waals surface area contributed by atoms with Crippen LogP contribution in [0.4, 0.5) is 0 Å². The van der Waals surface area contributed by atoms with Gasteiger partial charge in [0.1, 0.15) is 12.7 Å². The molecule has 0 radical (unpaired) electrons. The van der Waals surface area contributed by atoms with Crippen molar-refractivity contribution in [3.63, 3.8) is 0 Å². The average molecular weight is 341 g/mol. The number of carbonyl (C=O) groups excluding carboxylic acids is 1. The maximum absolute atomic E-state index is 12.8. The molecule has 0 N–H and O–H groups in total. The number of hydrogen-bond donors (Lipinski definition) is 0. The van der Waals surface area contributed by atoms with Gasteiger partial charge in [0.15, 0.2) is 11.5 Å². The van der Waals surface area contributed by atoms with Gasteiger partial charge in [-0.15, -0.1) is 0 Å². The smallest absolute Gasteiger partial charge is 0.267 e. The highest BCUT2D eigenvalue weighted by Crippen LogP contribution is 2.31. The molecule has 2 atom stereocenters. The van der Waals surface area contributed by atoms with E-state index in [0.717, 1.165) is 12.8 Å². The zero-order chi connectivity index (χ0) is 17.1. The molecule has 2 aliphatic rings. The number of carbonyl (C=O) groups is 1. The molecule has 2 aromatic rings. The highest BCUT2D eigenvalue weighted by molar-refractivity contribution is 5.82. The van der Waals surface area contributed by atoms with Gasteiger partial charge in [0, 0.05) is 18.9 Å². The number of para-hydroxylation sites is 2. The topological polar surface area (TPSA) is 73.8 Å². The summed E-state index contributed by atoms with van der Waals surface area (Å²) in [6.45, 7) is 1.43. The molecular formula is C18H19N3O4. The zero-order valence-corrected chi connectivity index (χ0v) is 13.7. The summed E-state index contributed by atoms with van der Waals surface area (Å²) in [7, 11) is 0. The minimum Gasteiger partial charge on any atom is -0.485 e. The second kappa shape index (κ2) is 6.96. The van der Waals surface area contributed by atoms with Crippen molar-refractivity contribution in [2.45, 2.75) is 25.0 Å². The molecule has 0 bridgehead atoms. The summed E-state index contributed by atoms with van der Waals surface area (Å²) in [4.78, 5) is 22.7. The SMILES string of the molecule is O=C([C@@H]1COc2ccccc2O1)N1CCC[C@H](Oc2cnccn2)C1. The van der Waals surface area contributed by atoms with E-state index >= 15 is 0 Å². The summed E-state index contributed by atoms with van der Waals surface area (Å²) in [5, 5.41) is 0. The molecule has 7 nitrogen and oxygen atoms in total. The maximum atomic E-state index is 12.8. The van der Waals surface area contributed by atoms with Crippen molar-refractivity contribution in [1.29, 1.82) is 0 Å². The normalized spacial score (nSPS) is 22.3. The second-order valence-electron chi connectivity index (χ2n) is 6.07. The molecule has 0 aliphatic carbocycles.